The molecule has 1 atom stereocenters. The van der Waals surface area contributed by atoms with Gasteiger partial charge in [0.2, 0.25) is 0 Å². The quantitative estimate of drug-likeness (QED) is 0.794. The van der Waals surface area contributed by atoms with Gasteiger partial charge in [0, 0.05) is 15.9 Å². The zero-order chi connectivity index (χ0) is 13.8. The molecule has 1 heterocycles. The number of nitrogens with one attached hydrogen (secondary N) is 1. The van der Waals surface area contributed by atoms with Crippen LogP contribution in [0, 0.1) is 6.92 Å². The molecule has 0 radical (unpaired) electrons. The van der Waals surface area contributed by atoms with E-state index < -0.39 is 0 Å². The Bertz CT molecular complexity index is 551. The summed E-state index contributed by atoms with van der Waals surface area (Å²) in [6, 6.07) is 10.5. The molecule has 0 saturated heterocycles. The van der Waals surface area contributed by atoms with Gasteiger partial charge in [0.25, 0.3) is 0 Å². The number of thiophene rings is 1. The summed E-state index contributed by atoms with van der Waals surface area (Å²) in [4.78, 5) is 1.25. The van der Waals surface area contributed by atoms with Crippen LogP contribution < -0.4 is 5.32 Å². The molecular formula is C15H17Cl2NS. The number of rotatable bonds is 5. The van der Waals surface area contributed by atoms with E-state index in [4.69, 9.17) is 23.2 Å². The fraction of sp³-hybridized carbons (Fsp3) is 0.333. The van der Waals surface area contributed by atoms with Crippen molar-refractivity contribution in [3.63, 3.8) is 0 Å². The summed E-state index contributed by atoms with van der Waals surface area (Å²) in [6.45, 7) is 5.08. The first-order valence-corrected chi connectivity index (χ1v) is 7.91. The van der Waals surface area contributed by atoms with Crippen molar-refractivity contribution >= 4 is 34.5 Å². The van der Waals surface area contributed by atoms with Gasteiger partial charge in [-0.1, -0.05) is 42.3 Å². The summed E-state index contributed by atoms with van der Waals surface area (Å²) in [5.41, 5.74) is 2.36. The fourth-order valence-corrected chi connectivity index (χ4v) is 3.52. The molecule has 1 aromatic heterocycles. The van der Waals surface area contributed by atoms with Crippen molar-refractivity contribution in [2.75, 3.05) is 6.54 Å². The summed E-state index contributed by atoms with van der Waals surface area (Å²) in [7, 11) is 0. The second kappa shape index (κ2) is 6.76. The van der Waals surface area contributed by atoms with E-state index in [1.54, 1.807) is 11.3 Å². The van der Waals surface area contributed by atoms with E-state index in [1.165, 1.54) is 16.0 Å². The maximum atomic E-state index is 6.32. The Kier molecular flexibility index (Phi) is 5.28. The molecule has 102 valence electrons. The minimum absolute atomic E-state index is 0.266. The monoisotopic (exact) mass is 313 g/mol. The van der Waals surface area contributed by atoms with E-state index in [0.29, 0.717) is 0 Å². The summed E-state index contributed by atoms with van der Waals surface area (Å²) < 4.78 is 0.827. The molecular weight excluding hydrogens is 297 g/mol. The van der Waals surface area contributed by atoms with Crippen molar-refractivity contribution in [3.8, 4) is 0 Å². The molecule has 19 heavy (non-hydrogen) atoms. The highest BCUT2D eigenvalue weighted by Gasteiger charge is 2.15. The van der Waals surface area contributed by atoms with Crippen LogP contribution in [0.25, 0.3) is 0 Å². The zero-order valence-electron chi connectivity index (χ0n) is 11.0. The molecule has 0 aliphatic carbocycles. The molecule has 1 nitrogen and oxygen atoms in total. The van der Waals surface area contributed by atoms with Crippen LogP contribution in [0.5, 0.6) is 0 Å². The van der Waals surface area contributed by atoms with E-state index in [1.807, 2.05) is 12.1 Å². The highest BCUT2D eigenvalue weighted by Crippen LogP contribution is 2.30. The molecule has 0 fully saturated rings. The third-order valence-corrected chi connectivity index (χ3v) is 4.72. The number of hydrogen-bond acceptors (Lipinski definition) is 2. The smallest absolute Gasteiger partial charge is 0.0931 e. The largest absolute Gasteiger partial charge is 0.309 e. The van der Waals surface area contributed by atoms with E-state index in [2.05, 4.69) is 37.4 Å². The average molecular weight is 314 g/mol. The third-order valence-electron chi connectivity index (χ3n) is 3.02. The Hall–Kier alpha value is -0.540. The van der Waals surface area contributed by atoms with Crippen molar-refractivity contribution in [1.82, 2.24) is 5.32 Å². The summed E-state index contributed by atoms with van der Waals surface area (Å²) >= 11 is 14.0. The normalized spacial score (nSPS) is 12.6. The van der Waals surface area contributed by atoms with E-state index in [9.17, 15) is 0 Å². The SMILES string of the molecule is CCNC(Cc1ccc(C)cc1Cl)c1ccc(Cl)s1. The zero-order valence-corrected chi connectivity index (χ0v) is 13.4. The van der Waals surface area contributed by atoms with Gasteiger partial charge in [0.1, 0.15) is 0 Å². The molecule has 0 aliphatic rings. The first-order valence-electron chi connectivity index (χ1n) is 6.33. The third kappa shape index (κ3) is 3.96. The van der Waals surface area contributed by atoms with E-state index >= 15 is 0 Å². The maximum absolute atomic E-state index is 6.32. The van der Waals surface area contributed by atoms with Crippen LogP contribution in [-0.2, 0) is 6.42 Å². The van der Waals surface area contributed by atoms with Gasteiger partial charge < -0.3 is 5.32 Å². The standard InChI is InChI=1S/C15H17Cl2NS/c1-3-18-13(14-6-7-15(17)19-14)9-11-5-4-10(2)8-12(11)16/h4-8,13,18H,3,9H2,1-2H3. The van der Waals surface area contributed by atoms with Crippen molar-refractivity contribution in [2.24, 2.45) is 0 Å². The molecule has 2 aromatic rings. The first-order chi connectivity index (χ1) is 9.10. The highest BCUT2D eigenvalue weighted by molar-refractivity contribution is 7.16. The average Bonchev–Trinajstić information content (AvgIpc) is 2.78. The second-order valence-electron chi connectivity index (χ2n) is 4.55. The number of aryl methyl sites for hydroxylation is 1. The van der Waals surface area contributed by atoms with Crippen LogP contribution in [0.15, 0.2) is 30.3 Å². The Labute approximate surface area is 128 Å². The Morgan fingerprint density at radius 2 is 2.00 bits per heavy atom. The van der Waals surface area contributed by atoms with Crippen molar-refractivity contribution < 1.29 is 0 Å². The van der Waals surface area contributed by atoms with Crippen molar-refractivity contribution in [2.45, 2.75) is 26.3 Å². The summed E-state index contributed by atoms with van der Waals surface area (Å²) in [5.74, 6) is 0. The van der Waals surface area contributed by atoms with Crippen LogP contribution in [-0.4, -0.2) is 6.54 Å². The van der Waals surface area contributed by atoms with Crippen molar-refractivity contribution in [1.29, 1.82) is 0 Å². The number of hydrogen-bond donors (Lipinski definition) is 1. The molecule has 4 heteroatoms. The molecule has 0 spiro atoms. The van der Waals surface area contributed by atoms with Gasteiger partial charge in [-0.2, -0.15) is 0 Å². The molecule has 0 saturated carbocycles. The van der Waals surface area contributed by atoms with Crippen LogP contribution in [0.2, 0.25) is 9.36 Å². The molecule has 1 unspecified atom stereocenters. The second-order valence-corrected chi connectivity index (χ2v) is 6.70. The lowest BCUT2D eigenvalue weighted by atomic mass is 10.0. The van der Waals surface area contributed by atoms with E-state index in [0.717, 1.165) is 22.3 Å². The summed E-state index contributed by atoms with van der Waals surface area (Å²) in [5, 5.41) is 4.33. The predicted octanol–water partition coefficient (Wildman–Crippen LogP) is 5.26. The van der Waals surface area contributed by atoms with Gasteiger partial charge in [-0.05, 0) is 49.2 Å². The van der Waals surface area contributed by atoms with Gasteiger partial charge in [-0.15, -0.1) is 11.3 Å². The minimum atomic E-state index is 0.266. The van der Waals surface area contributed by atoms with Gasteiger partial charge in [-0.25, -0.2) is 0 Å². The Morgan fingerprint density at radius 1 is 1.21 bits per heavy atom. The predicted molar refractivity (Wildman–Crippen MR) is 85.6 cm³/mol. The molecule has 0 bridgehead atoms. The van der Waals surface area contributed by atoms with Crippen LogP contribution in [0.1, 0.15) is 29.0 Å². The van der Waals surface area contributed by atoms with Gasteiger partial charge in [0.15, 0.2) is 0 Å². The van der Waals surface area contributed by atoms with E-state index in [-0.39, 0.29) is 6.04 Å². The molecule has 2 rings (SSSR count). The van der Waals surface area contributed by atoms with Gasteiger partial charge in [0.05, 0.1) is 4.34 Å². The lowest BCUT2D eigenvalue weighted by Crippen LogP contribution is -2.22. The lowest BCUT2D eigenvalue weighted by molar-refractivity contribution is 0.558. The van der Waals surface area contributed by atoms with Crippen LogP contribution in [0.4, 0.5) is 0 Å². The number of halogens is 2. The maximum Gasteiger partial charge on any atom is 0.0931 e. The Balaban J connectivity index is 2.21. The van der Waals surface area contributed by atoms with Crippen LogP contribution in [0.3, 0.4) is 0 Å². The number of benzene rings is 1. The fourth-order valence-electron chi connectivity index (χ4n) is 2.07. The van der Waals surface area contributed by atoms with Gasteiger partial charge >= 0.3 is 0 Å². The minimum Gasteiger partial charge on any atom is -0.309 e. The number of likely N-dealkylation sites (N-methyl/N-ethyl adjacent to an activating group) is 1. The first kappa shape index (κ1) is 14.9. The lowest BCUT2D eigenvalue weighted by Gasteiger charge is -2.17. The summed E-state index contributed by atoms with van der Waals surface area (Å²) in [6.07, 6.45) is 0.879. The topological polar surface area (TPSA) is 12.0 Å². The molecule has 0 amide bonds. The molecule has 0 aliphatic heterocycles. The van der Waals surface area contributed by atoms with Crippen LogP contribution >= 0.6 is 34.5 Å². The Morgan fingerprint density at radius 3 is 2.58 bits per heavy atom. The highest BCUT2D eigenvalue weighted by atomic mass is 35.5. The van der Waals surface area contributed by atoms with Crippen molar-refractivity contribution in [3.05, 3.63) is 55.7 Å². The molecule has 1 N–H and O–H groups in total. The van der Waals surface area contributed by atoms with Gasteiger partial charge in [-0.3, -0.25) is 0 Å². The molecule has 1 aromatic carbocycles.